The van der Waals surface area contributed by atoms with Crippen molar-refractivity contribution in [2.45, 2.75) is 13.8 Å². The van der Waals surface area contributed by atoms with Gasteiger partial charge in [0.15, 0.2) is 0 Å². The largest absolute Gasteiger partial charge is 0.344 e. The molecule has 0 aliphatic rings. The number of nitrogens with one attached hydrogen (secondary N) is 1. The molecule has 0 saturated carbocycles. The first-order chi connectivity index (χ1) is 8.11. The summed E-state index contributed by atoms with van der Waals surface area (Å²) in [7, 11) is 0. The van der Waals surface area contributed by atoms with Crippen LogP contribution in [-0.4, -0.2) is 4.37 Å². The number of nitriles is 1. The van der Waals surface area contributed by atoms with Crippen molar-refractivity contribution in [1.82, 2.24) is 4.37 Å². The Morgan fingerprint density at radius 2 is 2.18 bits per heavy atom. The second-order valence-corrected chi connectivity index (χ2v) is 5.32. The molecule has 0 aliphatic heterocycles. The molecule has 0 radical (unpaired) electrons. The van der Waals surface area contributed by atoms with E-state index < -0.39 is 0 Å². The Morgan fingerprint density at radius 3 is 2.82 bits per heavy atom. The molecule has 1 aromatic carbocycles. The molecule has 1 aromatic heterocycles. The Labute approximate surface area is 112 Å². The van der Waals surface area contributed by atoms with Crippen LogP contribution in [-0.2, 0) is 0 Å². The van der Waals surface area contributed by atoms with Crippen LogP contribution in [0.1, 0.15) is 16.8 Å². The minimum absolute atomic E-state index is 0.613. The highest BCUT2D eigenvalue weighted by atomic mass is 79.9. The second-order valence-electron chi connectivity index (χ2n) is 3.69. The van der Waals surface area contributed by atoms with E-state index >= 15 is 0 Å². The fraction of sp³-hybridized carbons (Fsp3) is 0.167. The average molecular weight is 308 g/mol. The molecule has 0 fully saturated rings. The summed E-state index contributed by atoms with van der Waals surface area (Å²) in [5.41, 5.74) is 3.50. The van der Waals surface area contributed by atoms with Crippen molar-refractivity contribution in [3.63, 3.8) is 0 Å². The SMILES string of the molecule is Cc1ccc(Nc2snc(C)c2C#N)c(Br)c1. The Morgan fingerprint density at radius 1 is 1.41 bits per heavy atom. The van der Waals surface area contributed by atoms with Gasteiger partial charge in [-0.2, -0.15) is 9.64 Å². The average Bonchev–Trinajstić information content (AvgIpc) is 2.63. The minimum atomic E-state index is 0.613. The van der Waals surface area contributed by atoms with Crippen molar-refractivity contribution >= 4 is 38.2 Å². The van der Waals surface area contributed by atoms with Gasteiger partial charge in [0.25, 0.3) is 0 Å². The summed E-state index contributed by atoms with van der Waals surface area (Å²) in [5, 5.41) is 13.1. The van der Waals surface area contributed by atoms with Crippen LogP contribution in [0, 0.1) is 25.2 Å². The molecule has 86 valence electrons. The van der Waals surface area contributed by atoms with Gasteiger partial charge < -0.3 is 5.32 Å². The fourth-order valence-electron chi connectivity index (χ4n) is 1.43. The Kier molecular flexibility index (Phi) is 3.46. The summed E-state index contributed by atoms with van der Waals surface area (Å²) >= 11 is 4.80. The molecule has 2 rings (SSSR count). The van der Waals surface area contributed by atoms with Crippen molar-refractivity contribution in [3.05, 3.63) is 39.5 Å². The highest BCUT2D eigenvalue weighted by Gasteiger charge is 2.11. The lowest BCUT2D eigenvalue weighted by molar-refractivity contribution is 1.31. The summed E-state index contributed by atoms with van der Waals surface area (Å²) < 4.78 is 5.15. The van der Waals surface area contributed by atoms with Gasteiger partial charge >= 0.3 is 0 Å². The zero-order valence-electron chi connectivity index (χ0n) is 9.41. The van der Waals surface area contributed by atoms with Crippen molar-refractivity contribution < 1.29 is 0 Å². The van der Waals surface area contributed by atoms with E-state index in [0.717, 1.165) is 20.9 Å². The number of anilines is 2. The van der Waals surface area contributed by atoms with Crippen LogP contribution >= 0.6 is 27.5 Å². The fourth-order valence-corrected chi connectivity index (χ4v) is 2.78. The third-order valence-electron chi connectivity index (χ3n) is 2.35. The van der Waals surface area contributed by atoms with E-state index in [1.807, 2.05) is 32.0 Å². The van der Waals surface area contributed by atoms with Crippen molar-refractivity contribution in [2.75, 3.05) is 5.32 Å². The zero-order chi connectivity index (χ0) is 12.4. The van der Waals surface area contributed by atoms with Gasteiger partial charge in [-0.1, -0.05) is 6.07 Å². The molecule has 0 unspecified atom stereocenters. The summed E-state index contributed by atoms with van der Waals surface area (Å²) in [6.07, 6.45) is 0. The van der Waals surface area contributed by atoms with Crippen LogP contribution in [0.2, 0.25) is 0 Å². The predicted molar refractivity (Wildman–Crippen MR) is 73.7 cm³/mol. The molecule has 0 atom stereocenters. The van der Waals surface area contributed by atoms with Crippen LogP contribution in [0.15, 0.2) is 22.7 Å². The minimum Gasteiger partial charge on any atom is -0.344 e. The van der Waals surface area contributed by atoms with Gasteiger partial charge in [0.05, 0.1) is 11.4 Å². The van der Waals surface area contributed by atoms with Gasteiger partial charge in [0, 0.05) is 4.47 Å². The molecule has 0 amide bonds. The normalized spacial score (nSPS) is 10.0. The van der Waals surface area contributed by atoms with E-state index in [4.69, 9.17) is 5.26 Å². The molecule has 1 heterocycles. The molecule has 17 heavy (non-hydrogen) atoms. The van der Waals surface area contributed by atoms with Gasteiger partial charge in [-0.05, 0) is 59.0 Å². The van der Waals surface area contributed by atoms with E-state index in [1.54, 1.807) is 0 Å². The first-order valence-electron chi connectivity index (χ1n) is 5.01. The van der Waals surface area contributed by atoms with Crippen LogP contribution in [0.25, 0.3) is 0 Å². The first kappa shape index (κ1) is 12.1. The molecule has 0 aliphatic carbocycles. The molecular weight excluding hydrogens is 298 g/mol. The topological polar surface area (TPSA) is 48.7 Å². The van der Waals surface area contributed by atoms with Gasteiger partial charge in [-0.15, -0.1) is 0 Å². The van der Waals surface area contributed by atoms with Crippen LogP contribution in [0.4, 0.5) is 10.7 Å². The maximum Gasteiger partial charge on any atom is 0.132 e. The molecular formula is C12H10BrN3S. The number of hydrogen-bond acceptors (Lipinski definition) is 4. The van der Waals surface area contributed by atoms with E-state index in [9.17, 15) is 0 Å². The van der Waals surface area contributed by atoms with E-state index in [2.05, 4.69) is 31.7 Å². The maximum absolute atomic E-state index is 9.04. The van der Waals surface area contributed by atoms with Crippen LogP contribution in [0.5, 0.6) is 0 Å². The summed E-state index contributed by atoms with van der Waals surface area (Å²) in [6, 6.07) is 8.20. The third kappa shape index (κ3) is 2.48. The standard InChI is InChI=1S/C12H10BrN3S/c1-7-3-4-11(10(13)5-7)15-12-9(6-14)8(2)16-17-12/h3-5,15H,1-2H3. The number of rotatable bonds is 2. The lowest BCUT2D eigenvalue weighted by Crippen LogP contribution is -1.92. The predicted octanol–water partition coefficient (Wildman–Crippen LogP) is 4.14. The Balaban J connectivity index is 2.35. The van der Waals surface area contributed by atoms with Crippen molar-refractivity contribution in [3.8, 4) is 6.07 Å². The third-order valence-corrected chi connectivity index (χ3v) is 3.86. The van der Waals surface area contributed by atoms with Crippen molar-refractivity contribution in [1.29, 1.82) is 5.26 Å². The summed E-state index contributed by atoms with van der Waals surface area (Å²) in [5.74, 6) is 0. The molecule has 0 bridgehead atoms. The second kappa shape index (κ2) is 4.86. The highest BCUT2D eigenvalue weighted by molar-refractivity contribution is 9.10. The maximum atomic E-state index is 9.04. The molecule has 1 N–H and O–H groups in total. The zero-order valence-corrected chi connectivity index (χ0v) is 11.8. The molecule has 3 nitrogen and oxygen atoms in total. The van der Waals surface area contributed by atoms with Crippen LogP contribution < -0.4 is 5.32 Å². The Hall–Kier alpha value is -1.38. The van der Waals surface area contributed by atoms with Gasteiger partial charge in [0.2, 0.25) is 0 Å². The molecule has 5 heteroatoms. The van der Waals surface area contributed by atoms with Gasteiger partial charge in [-0.3, -0.25) is 0 Å². The molecule has 0 spiro atoms. The monoisotopic (exact) mass is 307 g/mol. The number of nitrogens with zero attached hydrogens (tertiary/aromatic N) is 2. The Bertz CT molecular complexity index is 598. The van der Waals surface area contributed by atoms with E-state index in [-0.39, 0.29) is 0 Å². The first-order valence-corrected chi connectivity index (χ1v) is 6.58. The number of benzene rings is 1. The quantitative estimate of drug-likeness (QED) is 0.907. The number of halogens is 1. The number of aryl methyl sites for hydroxylation is 2. The van der Waals surface area contributed by atoms with E-state index in [1.165, 1.54) is 17.1 Å². The summed E-state index contributed by atoms with van der Waals surface area (Å²) in [6.45, 7) is 3.87. The number of aromatic nitrogens is 1. The highest BCUT2D eigenvalue weighted by Crippen LogP contribution is 2.31. The lowest BCUT2D eigenvalue weighted by atomic mass is 10.2. The van der Waals surface area contributed by atoms with Gasteiger partial charge in [-0.25, -0.2) is 0 Å². The number of hydrogen-bond donors (Lipinski definition) is 1. The van der Waals surface area contributed by atoms with Gasteiger partial charge in [0.1, 0.15) is 16.6 Å². The molecule has 0 saturated heterocycles. The van der Waals surface area contributed by atoms with Crippen molar-refractivity contribution in [2.24, 2.45) is 0 Å². The smallest absolute Gasteiger partial charge is 0.132 e. The van der Waals surface area contributed by atoms with Crippen LogP contribution in [0.3, 0.4) is 0 Å². The lowest BCUT2D eigenvalue weighted by Gasteiger charge is -2.07. The molecule has 2 aromatic rings. The summed E-state index contributed by atoms with van der Waals surface area (Å²) in [4.78, 5) is 0. The van der Waals surface area contributed by atoms with E-state index in [0.29, 0.717) is 5.56 Å².